The number of pyridine rings is 1. The predicted octanol–water partition coefficient (Wildman–Crippen LogP) is 2.75. The van der Waals surface area contributed by atoms with Crippen LogP contribution in [0.5, 0.6) is 0 Å². The molecule has 1 heterocycles. The first kappa shape index (κ1) is 12.6. The Balaban J connectivity index is 2.40. The van der Waals surface area contributed by atoms with Crippen molar-refractivity contribution in [1.82, 2.24) is 10.3 Å². The van der Waals surface area contributed by atoms with Gasteiger partial charge in [-0.1, -0.05) is 15.9 Å². The number of carbonyl (C=O) groups is 1. The molecular formula is C10H12Br2N2O. The molecule has 1 rings (SSSR count). The number of hydrogen-bond donors (Lipinski definition) is 1. The number of unbranched alkanes of at least 4 members (excludes halogenated alkanes) is 1. The Kier molecular flexibility index (Phi) is 5.86. The van der Waals surface area contributed by atoms with Crippen molar-refractivity contribution in [2.75, 3.05) is 11.9 Å². The van der Waals surface area contributed by atoms with E-state index in [0.29, 0.717) is 12.1 Å². The van der Waals surface area contributed by atoms with Gasteiger partial charge in [0.2, 0.25) is 0 Å². The third-order valence-electron chi connectivity index (χ3n) is 1.81. The fourth-order valence-electron chi connectivity index (χ4n) is 1.06. The summed E-state index contributed by atoms with van der Waals surface area (Å²) in [7, 11) is 0. The summed E-state index contributed by atoms with van der Waals surface area (Å²) in [5, 5.41) is 3.81. The second-order valence-electron chi connectivity index (χ2n) is 3.04. The van der Waals surface area contributed by atoms with Crippen molar-refractivity contribution in [2.45, 2.75) is 12.8 Å². The van der Waals surface area contributed by atoms with E-state index < -0.39 is 0 Å². The molecule has 5 heteroatoms. The Morgan fingerprint density at radius 1 is 1.40 bits per heavy atom. The minimum Gasteiger partial charge on any atom is -0.352 e. The molecule has 15 heavy (non-hydrogen) atoms. The minimum absolute atomic E-state index is 0.0710. The first-order chi connectivity index (χ1) is 7.24. The van der Waals surface area contributed by atoms with E-state index in [-0.39, 0.29) is 5.91 Å². The van der Waals surface area contributed by atoms with Crippen molar-refractivity contribution in [2.24, 2.45) is 0 Å². The molecule has 1 aromatic rings. The van der Waals surface area contributed by atoms with Crippen LogP contribution in [0.25, 0.3) is 0 Å². The van der Waals surface area contributed by atoms with Crippen LogP contribution in [-0.4, -0.2) is 22.8 Å². The largest absolute Gasteiger partial charge is 0.352 e. The molecule has 0 saturated heterocycles. The van der Waals surface area contributed by atoms with E-state index in [4.69, 9.17) is 0 Å². The topological polar surface area (TPSA) is 42.0 Å². The van der Waals surface area contributed by atoms with Crippen LogP contribution in [0.2, 0.25) is 0 Å². The Bertz CT molecular complexity index is 331. The Morgan fingerprint density at radius 2 is 2.20 bits per heavy atom. The van der Waals surface area contributed by atoms with Gasteiger partial charge in [-0.2, -0.15) is 0 Å². The van der Waals surface area contributed by atoms with Crippen molar-refractivity contribution >= 4 is 37.8 Å². The Morgan fingerprint density at radius 3 is 2.87 bits per heavy atom. The zero-order chi connectivity index (χ0) is 11.1. The molecular weight excluding hydrogens is 324 g/mol. The van der Waals surface area contributed by atoms with E-state index in [9.17, 15) is 4.79 Å². The zero-order valence-electron chi connectivity index (χ0n) is 8.17. The van der Waals surface area contributed by atoms with Gasteiger partial charge in [0.1, 0.15) is 0 Å². The smallest absolute Gasteiger partial charge is 0.252 e. The van der Waals surface area contributed by atoms with Crippen LogP contribution in [0.1, 0.15) is 23.2 Å². The lowest BCUT2D eigenvalue weighted by atomic mass is 10.2. The Labute approximate surface area is 106 Å². The molecule has 0 spiro atoms. The molecule has 0 radical (unpaired) electrons. The number of halogens is 2. The lowest BCUT2D eigenvalue weighted by Gasteiger charge is -2.04. The van der Waals surface area contributed by atoms with E-state index in [1.807, 2.05) is 0 Å². The van der Waals surface area contributed by atoms with Gasteiger partial charge in [0, 0.05) is 28.7 Å². The van der Waals surface area contributed by atoms with Gasteiger partial charge in [-0.05, 0) is 34.8 Å². The molecule has 1 N–H and O–H groups in total. The molecule has 82 valence electrons. The fourth-order valence-corrected chi connectivity index (χ4v) is 1.82. The SMILES string of the molecule is O=C(NCCCCBr)c1cncc(Br)c1. The van der Waals surface area contributed by atoms with Crippen molar-refractivity contribution in [1.29, 1.82) is 0 Å². The number of nitrogens with zero attached hydrogens (tertiary/aromatic N) is 1. The van der Waals surface area contributed by atoms with Crippen molar-refractivity contribution in [3.05, 3.63) is 28.5 Å². The molecule has 0 aliphatic rings. The summed E-state index contributed by atoms with van der Waals surface area (Å²) in [4.78, 5) is 15.5. The van der Waals surface area contributed by atoms with Gasteiger partial charge in [-0.25, -0.2) is 0 Å². The van der Waals surface area contributed by atoms with Gasteiger partial charge >= 0.3 is 0 Å². The van der Waals surface area contributed by atoms with Gasteiger partial charge in [0.25, 0.3) is 5.91 Å². The van der Waals surface area contributed by atoms with Crippen molar-refractivity contribution in [3.63, 3.8) is 0 Å². The Hall–Kier alpha value is -0.420. The van der Waals surface area contributed by atoms with Crippen LogP contribution in [0, 0.1) is 0 Å². The number of hydrogen-bond acceptors (Lipinski definition) is 2. The molecule has 0 aliphatic heterocycles. The summed E-state index contributed by atoms with van der Waals surface area (Å²) in [5.41, 5.74) is 0.586. The summed E-state index contributed by atoms with van der Waals surface area (Å²) in [6.07, 6.45) is 5.27. The summed E-state index contributed by atoms with van der Waals surface area (Å²) in [6.45, 7) is 0.705. The van der Waals surface area contributed by atoms with Gasteiger partial charge in [-0.15, -0.1) is 0 Å². The number of rotatable bonds is 5. The third kappa shape index (κ3) is 4.75. The fraction of sp³-hybridized carbons (Fsp3) is 0.400. The van der Waals surface area contributed by atoms with E-state index in [0.717, 1.165) is 22.6 Å². The molecule has 0 aliphatic carbocycles. The highest BCUT2D eigenvalue weighted by atomic mass is 79.9. The number of carbonyl (C=O) groups excluding carboxylic acids is 1. The molecule has 0 atom stereocenters. The highest BCUT2D eigenvalue weighted by Crippen LogP contribution is 2.09. The molecule has 1 aromatic heterocycles. The monoisotopic (exact) mass is 334 g/mol. The van der Waals surface area contributed by atoms with Crippen LogP contribution in [-0.2, 0) is 0 Å². The molecule has 3 nitrogen and oxygen atoms in total. The van der Waals surface area contributed by atoms with Gasteiger partial charge < -0.3 is 5.32 Å². The lowest BCUT2D eigenvalue weighted by molar-refractivity contribution is 0.0953. The average molecular weight is 336 g/mol. The molecule has 0 saturated carbocycles. The third-order valence-corrected chi connectivity index (χ3v) is 2.81. The molecule has 0 aromatic carbocycles. The molecule has 1 amide bonds. The van der Waals surface area contributed by atoms with Crippen LogP contribution >= 0.6 is 31.9 Å². The van der Waals surface area contributed by atoms with Crippen LogP contribution < -0.4 is 5.32 Å². The molecule has 0 unspecified atom stereocenters. The van der Waals surface area contributed by atoms with Gasteiger partial charge in [0.15, 0.2) is 0 Å². The van der Waals surface area contributed by atoms with Gasteiger partial charge in [-0.3, -0.25) is 9.78 Å². The summed E-state index contributed by atoms with van der Waals surface area (Å²) >= 11 is 6.62. The number of nitrogens with one attached hydrogen (secondary N) is 1. The van der Waals surface area contributed by atoms with Gasteiger partial charge in [0.05, 0.1) is 5.56 Å². The number of aromatic nitrogens is 1. The highest BCUT2D eigenvalue weighted by molar-refractivity contribution is 9.10. The second kappa shape index (κ2) is 6.95. The number of amides is 1. The maximum absolute atomic E-state index is 11.6. The van der Waals surface area contributed by atoms with Crippen molar-refractivity contribution in [3.8, 4) is 0 Å². The molecule has 0 fully saturated rings. The maximum Gasteiger partial charge on any atom is 0.252 e. The minimum atomic E-state index is -0.0710. The predicted molar refractivity (Wildman–Crippen MR) is 67.3 cm³/mol. The van der Waals surface area contributed by atoms with E-state index in [2.05, 4.69) is 42.2 Å². The lowest BCUT2D eigenvalue weighted by Crippen LogP contribution is -2.24. The summed E-state index contributed by atoms with van der Waals surface area (Å²) in [6, 6.07) is 1.76. The van der Waals surface area contributed by atoms with Crippen LogP contribution in [0.4, 0.5) is 0 Å². The van der Waals surface area contributed by atoms with Crippen LogP contribution in [0.3, 0.4) is 0 Å². The second-order valence-corrected chi connectivity index (χ2v) is 4.75. The molecule has 0 bridgehead atoms. The van der Waals surface area contributed by atoms with Crippen LogP contribution in [0.15, 0.2) is 22.9 Å². The van der Waals surface area contributed by atoms with E-state index in [1.54, 1.807) is 18.5 Å². The quantitative estimate of drug-likeness (QED) is 0.664. The van der Waals surface area contributed by atoms with Crippen molar-refractivity contribution < 1.29 is 4.79 Å². The average Bonchev–Trinajstić information content (AvgIpc) is 2.24. The van der Waals surface area contributed by atoms with E-state index >= 15 is 0 Å². The standard InChI is InChI=1S/C10H12Br2N2O/c11-3-1-2-4-14-10(15)8-5-9(12)7-13-6-8/h5-7H,1-4H2,(H,14,15). The first-order valence-electron chi connectivity index (χ1n) is 4.69. The zero-order valence-corrected chi connectivity index (χ0v) is 11.3. The first-order valence-corrected chi connectivity index (χ1v) is 6.60. The normalized spacial score (nSPS) is 10.0. The number of alkyl halides is 1. The van der Waals surface area contributed by atoms with E-state index in [1.165, 1.54) is 0 Å². The summed E-state index contributed by atoms with van der Waals surface area (Å²) in [5.74, 6) is -0.0710. The highest BCUT2D eigenvalue weighted by Gasteiger charge is 2.04. The summed E-state index contributed by atoms with van der Waals surface area (Å²) < 4.78 is 0.815. The maximum atomic E-state index is 11.6.